The van der Waals surface area contributed by atoms with Gasteiger partial charge in [-0.2, -0.15) is 0 Å². The van der Waals surface area contributed by atoms with E-state index in [1.165, 1.54) is 24.1 Å². The Hall–Kier alpha value is -2.06. The van der Waals surface area contributed by atoms with E-state index in [2.05, 4.69) is 10.0 Å². The van der Waals surface area contributed by atoms with Gasteiger partial charge in [0, 0.05) is 17.2 Å². The van der Waals surface area contributed by atoms with Crippen molar-refractivity contribution in [1.82, 2.24) is 0 Å². The molecule has 0 radical (unpaired) electrons. The fraction of sp³-hybridized carbons (Fsp3) is 0.400. The lowest BCUT2D eigenvalue weighted by molar-refractivity contribution is 0.128. The summed E-state index contributed by atoms with van der Waals surface area (Å²) in [5.74, 6) is -2.66. The lowest BCUT2D eigenvalue weighted by Gasteiger charge is -2.25. The second kappa shape index (κ2) is 7.40. The number of fused-ring (bicyclic) bond motifs is 1. The molecule has 2 aromatic carbocycles. The van der Waals surface area contributed by atoms with E-state index in [9.17, 15) is 18.3 Å². The SMILES string of the molecule is Cc1ccc(Nc2c(F)c(F)cc3c2NSC2(CC2)C[C@H](O)CCO3)c(F)c1. The van der Waals surface area contributed by atoms with Gasteiger partial charge in [0.15, 0.2) is 11.6 Å². The highest BCUT2D eigenvalue weighted by molar-refractivity contribution is 8.02. The zero-order valence-corrected chi connectivity index (χ0v) is 16.1. The van der Waals surface area contributed by atoms with Crippen LogP contribution in [0.25, 0.3) is 0 Å². The van der Waals surface area contributed by atoms with Crippen LogP contribution in [0.3, 0.4) is 0 Å². The van der Waals surface area contributed by atoms with E-state index in [0.717, 1.165) is 24.5 Å². The fourth-order valence-electron chi connectivity index (χ4n) is 3.27. The van der Waals surface area contributed by atoms with Crippen molar-refractivity contribution in [2.24, 2.45) is 0 Å². The maximum atomic E-state index is 14.7. The molecule has 0 saturated heterocycles. The average Bonchev–Trinajstić information content (AvgIpc) is 3.39. The summed E-state index contributed by atoms with van der Waals surface area (Å²) in [5.41, 5.74) is 0.781. The Balaban J connectivity index is 1.73. The van der Waals surface area contributed by atoms with Crippen molar-refractivity contribution in [1.29, 1.82) is 0 Å². The molecular formula is C20H21F3N2O2S. The molecule has 0 bridgehead atoms. The van der Waals surface area contributed by atoms with Crippen LogP contribution in [0.1, 0.15) is 31.2 Å². The number of benzene rings is 2. The number of anilines is 3. The third kappa shape index (κ3) is 3.89. The summed E-state index contributed by atoms with van der Waals surface area (Å²) in [7, 11) is 0. The summed E-state index contributed by atoms with van der Waals surface area (Å²) >= 11 is 1.37. The molecule has 28 heavy (non-hydrogen) atoms. The standard InChI is InChI=1S/C20H21F3N2O2S/c1-11-2-3-15(13(21)8-11)24-19-17(23)14(22)9-16-18(19)25-28-20(5-6-20)10-12(26)4-7-27-16/h2-3,8-9,12,24-26H,4-7,10H2,1H3/t12-/m1/s1. The lowest BCUT2D eigenvalue weighted by Crippen LogP contribution is -2.22. The second-order valence-corrected chi connectivity index (χ2v) is 8.69. The van der Waals surface area contributed by atoms with Gasteiger partial charge in [0.1, 0.15) is 22.9 Å². The Morgan fingerprint density at radius 3 is 2.71 bits per heavy atom. The minimum Gasteiger partial charge on any atom is -0.491 e. The Morgan fingerprint density at radius 2 is 2.00 bits per heavy atom. The molecule has 1 aliphatic heterocycles. The van der Waals surface area contributed by atoms with Crippen LogP contribution in [-0.4, -0.2) is 22.6 Å². The Kier molecular flexibility index (Phi) is 5.09. The average molecular weight is 410 g/mol. The van der Waals surface area contributed by atoms with E-state index < -0.39 is 23.6 Å². The van der Waals surface area contributed by atoms with Crippen molar-refractivity contribution in [2.45, 2.75) is 43.5 Å². The van der Waals surface area contributed by atoms with Crippen LogP contribution in [0.5, 0.6) is 5.75 Å². The molecule has 4 nitrogen and oxygen atoms in total. The van der Waals surface area contributed by atoms with Gasteiger partial charge in [-0.1, -0.05) is 6.07 Å². The summed E-state index contributed by atoms with van der Waals surface area (Å²) in [5, 5.41) is 12.8. The van der Waals surface area contributed by atoms with Gasteiger partial charge in [-0.3, -0.25) is 0 Å². The van der Waals surface area contributed by atoms with E-state index in [1.54, 1.807) is 13.0 Å². The van der Waals surface area contributed by atoms with Gasteiger partial charge in [0.25, 0.3) is 0 Å². The minimum atomic E-state index is -1.11. The number of hydrogen-bond acceptors (Lipinski definition) is 5. The summed E-state index contributed by atoms with van der Waals surface area (Å²) in [4.78, 5) is 0. The second-order valence-electron chi connectivity index (χ2n) is 7.41. The molecular weight excluding hydrogens is 389 g/mol. The highest BCUT2D eigenvalue weighted by Gasteiger charge is 2.46. The minimum absolute atomic E-state index is 0.0396. The van der Waals surface area contributed by atoms with Crippen LogP contribution in [-0.2, 0) is 0 Å². The van der Waals surface area contributed by atoms with E-state index in [0.29, 0.717) is 12.8 Å². The molecule has 4 rings (SSSR count). The molecule has 0 unspecified atom stereocenters. The molecule has 1 atom stereocenters. The number of aryl methyl sites for hydroxylation is 1. The zero-order chi connectivity index (χ0) is 19.9. The topological polar surface area (TPSA) is 53.5 Å². The Labute approximate surface area is 165 Å². The van der Waals surface area contributed by atoms with E-state index >= 15 is 0 Å². The largest absolute Gasteiger partial charge is 0.491 e. The first-order chi connectivity index (χ1) is 13.4. The van der Waals surface area contributed by atoms with Crippen LogP contribution >= 0.6 is 11.9 Å². The molecule has 0 amide bonds. The molecule has 150 valence electrons. The number of aliphatic hydroxyl groups is 1. The summed E-state index contributed by atoms with van der Waals surface area (Å²) in [6.07, 6.45) is 2.34. The maximum Gasteiger partial charge on any atom is 0.184 e. The van der Waals surface area contributed by atoms with Crippen molar-refractivity contribution < 1.29 is 23.0 Å². The number of aliphatic hydroxyl groups excluding tert-OH is 1. The summed E-state index contributed by atoms with van der Waals surface area (Å²) in [6, 6.07) is 5.45. The molecule has 8 heteroatoms. The number of ether oxygens (including phenoxy) is 1. The fourth-order valence-corrected chi connectivity index (χ4v) is 4.38. The van der Waals surface area contributed by atoms with Crippen LogP contribution in [0.2, 0.25) is 0 Å². The molecule has 0 aromatic heterocycles. The molecule has 1 saturated carbocycles. The van der Waals surface area contributed by atoms with Gasteiger partial charge in [-0.25, -0.2) is 13.2 Å². The van der Waals surface area contributed by atoms with Gasteiger partial charge in [0.05, 0.1) is 18.4 Å². The normalized spacial score (nSPS) is 20.7. The van der Waals surface area contributed by atoms with Gasteiger partial charge in [-0.05, 0) is 55.8 Å². The monoisotopic (exact) mass is 410 g/mol. The third-order valence-corrected chi connectivity index (χ3v) is 6.38. The zero-order valence-electron chi connectivity index (χ0n) is 15.3. The third-order valence-electron chi connectivity index (χ3n) is 5.06. The first kappa shape index (κ1) is 19.3. The van der Waals surface area contributed by atoms with Gasteiger partial charge < -0.3 is 19.9 Å². The predicted molar refractivity (Wildman–Crippen MR) is 105 cm³/mol. The molecule has 2 aliphatic rings. The summed E-state index contributed by atoms with van der Waals surface area (Å²) < 4.78 is 51.7. The van der Waals surface area contributed by atoms with E-state index in [-0.39, 0.29) is 34.2 Å². The van der Waals surface area contributed by atoms with Crippen molar-refractivity contribution in [2.75, 3.05) is 16.6 Å². The molecule has 1 heterocycles. The quantitative estimate of drug-likeness (QED) is 0.588. The van der Waals surface area contributed by atoms with Crippen molar-refractivity contribution in [3.63, 3.8) is 0 Å². The van der Waals surface area contributed by atoms with Crippen molar-refractivity contribution in [3.05, 3.63) is 47.3 Å². The van der Waals surface area contributed by atoms with E-state index in [4.69, 9.17) is 4.74 Å². The molecule has 1 aliphatic carbocycles. The number of hydrogen-bond donors (Lipinski definition) is 3. The Bertz CT molecular complexity index is 906. The highest BCUT2D eigenvalue weighted by Crippen LogP contribution is 2.54. The maximum absolute atomic E-state index is 14.7. The van der Waals surface area contributed by atoms with Crippen LogP contribution in [0.4, 0.5) is 30.2 Å². The number of halogens is 3. The molecule has 3 N–H and O–H groups in total. The molecule has 1 spiro atoms. The molecule has 1 fully saturated rings. The van der Waals surface area contributed by atoms with Gasteiger partial charge >= 0.3 is 0 Å². The lowest BCUT2D eigenvalue weighted by atomic mass is 10.1. The number of rotatable bonds is 2. The Morgan fingerprint density at radius 1 is 1.21 bits per heavy atom. The molecule has 2 aromatic rings. The van der Waals surface area contributed by atoms with Crippen molar-refractivity contribution >= 4 is 29.0 Å². The van der Waals surface area contributed by atoms with Crippen molar-refractivity contribution in [3.8, 4) is 5.75 Å². The van der Waals surface area contributed by atoms with Crippen LogP contribution in [0, 0.1) is 24.4 Å². The smallest absolute Gasteiger partial charge is 0.184 e. The highest BCUT2D eigenvalue weighted by atomic mass is 32.2. The van der Waals surface area contributed by atoms with Gasteiger partial charge in [-0.15, -0.1) is 0 Å². The predicted octanol–water partition coefficient (Wildman–Crippen LogP) is 5.28. The van der Waals surface area contributed by atoms with Gasteiger partial charge in [0.2, 0.25) is 0 Å². The van der Waals surface area contributed by atoms with E-state index in [1.807, 2.05) is 0 Å². The summed E-state index contributed by atoms with van der Waals surface area (Å²) in [6.45, 7) is 1.91. The van der Waals surface area contributed by atoms with Crippen LogP contribution < -0.4 is 14.8 Å². The number of nitrogens with one attached hydrogen (secondary N) is 2. The first-order valence-electron chi connectivity index (χ1n) is 9.17. The first-order valence-corrected chi connectivity index (χ1v) is 9.99. The van der Waals surface area contributed by atoms with Crippen LogP contribution in [0.15, 0.2) is 24.3 Å².